The number of benzene rings is 1. The Morgan fingerprint density at radius 2 is 2.33 bits per heavy atom. The van der Waals surface area contributed by atoms with Gasteiger partial charge in [0.15, 0.2) is 0 Å². The van der Waals surface area contributed by atoms with Crippen LogP contribution in [-0.2, 0) is 16.1 Å². The van der Waals surface area contributed by atoms with Crippen LogP contribution < -0.4 is 0 Å². The lowest BCUT2D eigenvalue weighted by Crippen LogP contribution is -2.29. The van der Waals surface area contributed by atoms with E-state index in [1.807, 2.05) is 30.3 Å². The van der Waals surface area contributed by atoms with Crippen molar-refractivity contribution in [1.29, 1.82) is 0 Å². The van der Waals surface area contributed by atoms with Crippen molar-refractivity contribution in [1.82, 2.24) is 4.90 Å². The summed E-state index contributed by atoms with van der Waals surface area (Å²) in [4.78, 5) is 13.9. The van der Waals surface area contributed by atoms with Gasteiger partial charge in [0, 0.05) is 22.3 Å². The molecule has 3 nitrogen and oxygen atoms in total. The van der Waals surface area contributed by atoms with Gasteiger partial charge in [-0.2, -0.15) is 0 Å². The summed E-state index contributed by atoms with van der Waals surface area (Å²) in [6.45, 7) is 1.71. The molecule has 2 fully saturated rings. The Kier molecular flexibility index (Phi) is 2.33. The quantitative estimate of drug-likeness (QED) is 0.763. The minimum Gasteiger partial charge on any atom is -0.466 e. The van der Waals surface area contributed by atoms with Crippen molar-refractivity contribution in [2.45, 2.75) is 19.9 Å². The first kappa shape index (κ1) is 9.56. The topological polar surface area (TPSA) is 29.5 Å². The number of nitrogens with zero attached hydrogens (tertiary/aromatic N) is 1. The Bertz CT molecular complexity index is 520. The molecular formula is C15H19NO2. The number of carbonyl (C=O) groups excluding carboxylic acids is 1. The van der Waals surface area contributed by atoms with E-state index in [1.165, 1.54) is 0 Å². The van der Waals surface area contributed by atoms with Gasteiger partial charge in [-0.05, 0) is 24.8 Å². The van der Waals surface area contributed by atoms with E-state index < -0.39 is 11.9 Å². The van der Waals surface area contributed by atoms with E-state index in [9.17, 15) is 4.79 Å². The maximum absolute atomic E-state index is 12.1. The predicted octanol–water partition coefficient (Wildman–Crippen LogP) is 2.07. The number of carbonyl (C=O) groups is 1. The number of hydrogen-bond acceptors (Lipinski definition) is 3. The highest BCUT2D eigenvalue weighted by Crippen LogP contribution is 2.58. The van der Waals surface area contributed by atoms with Crippen LogP contribution in [0.25, 0.3) is 0 Å². The van der Waals surface area contributed by atoms with Gasteiger partial charge in [-0.1, -0.05) is 30.3 Å². The molecule has 2 aliphatic rings. The molecule has 0 radical (unpaired) electrons. The summed E-state index contributed by atoms with van der Waals surface area (Å²) in [5.41, 5.74) is 0.463. The van der Waals surface area contributed by atoms with Crippen molar-refractivity contribution in [3.05, 3.63) is 35.9 Å². The van der Waals surface area contributed by atoms with Crippen LogP contribution in [-0.4, -0.2) is 30.5 Å². The lowest BCUT2D eigenvalue weighted by atomic mass is 10.1. The molecule has 18 heavy (non-hydrogen) atoms. The van der Waals surface area contributed by atoms with Crippen molar-refractivity contribution in [3.63, 3.8) is 0 Å². The molecule has 96 valence electrons. The smallest absolute Gasteiger partial charge is 0.313 e. The number of fused-ring (bicyclic) bond motifs is 1. The Hall–Kier alpha value is -1.35. The summed E-state index contributed by atoms with van der Waals surface area (Å²) in [7, 11) is 0. The normalized spacial score (nSPS) is 34.4. The second kappa shape index (κ2) is 4.39. The molecule has 0 N–H and O–H groups in total. The van der Waals surface area contributed by atoms with Gasteiger partial charge < -0.3 is 4.74 Å². The average Bonchev–Trinajstić information content (AvgIpc) is 3.11. The maximum atomic E-state index is 12.1. The standard InChI is InChI=1S/C15H19NO2/c1-2-18-14(17)15-8-13(15)10-16(11-15)9-12-6-4-3-5-7-12/h3-7,13H,2,8-11H2,1H3/i10D2. The maximum Gasteiger partial charge on any atom is 0.313 e. The largest absolute Gasteiger partial charge is 0.466 e. The lowest BCUT2D eigenvalue weighted by Gasteiger charge is -2.19. The van der Waals surface area contributed by atoms with Crippen molar-refractivity contribution < 1.29 is 12.3 Å². The molecule has 0 spiro atoms. The van der Waals surface area contributed by atoms with Gasteiger partial charge in [0.25, 0.3) is 0 Å². The Labute approximate surface area is 111 Å². The van der Waals surface area contributed by atoms with Crippen molar-refractivity contribution in [3.8, 4) is 0 Å². The minimum absolute atomic E-state index is 0.224. The summed E-state index contributed by atoms with van der Waals surface area (Å²) < 4.78 is 21.7. The van der Waals surface area contributed by atoms with Crippen molar-refractivity contribution in [2.75, 3.05) is 19.6 Å². The van der Waals surface area contributed by atoms with E-state index in [-0.39, 0.29) is 11.9 Å². The molecule has 1 aromatic rings. The first-order chi connectivity index (χ1) is 9.50. The fraction of sp³-hybridized carbons (Fsp3) is 0.533. The van der Waals surface area contributed by atoms with Gasteiger partial charge in [0.2, 0.25) is 0 Å². The van der Waals surface area contributed by atoms with Crippen LogP contribution in [0, 0.1) is 11.3 Å². The molecule has 1 aromatic carbocycles. The molecule has 1 aliphatic carbocycles. The molecule has 2 atom stereocenters. The van der Waals surface area contributed by atoms with E-state index in [4.69, 9.17) is 7.48 Å². The molecule has 1 saturated carbocycles. The third kappa shape index (κ3) is 1.93. The summed E-state index contributed by atoms with van der Waals surface area (Å²) in [5, 5.41) is 0. The zero-order valence-electron chi connectivity index (χ0n) is 12.6. The Morgan fingerprint density at radius 3 is 3.06 bits per heavy atom. The molecule has 1 saturated heterocycles. The van der Waals surface area contributed by atoms with Gasteiger partial charge in [-0.25, -0.2) is 0 Å². The monoisotopic (exact) mass is 247 g/mol. The predicted molar refractivity (Wildman–Crippen MR) is 68.9 cm³/mol. The Balaban J connectivity index is 1.76. The highest BCUT2D eigenvalue weighted by molar-refractivity contribution is 5.81. The minimum atomic E-state index is -1.43. The number of piperidine rings is 1. The average molecular weight is 247 g/mol. The van der Waals surface area contributed by atoms with E-state index >= 15 is 0 Å². The van der Waals surface area contributed by atoms with Crippen molar-refractivity contribution >= 4 is 5.97 Å². The third-order valence-electron chi connectivity index (χ3n) is 3.78. The van der Waals surface area contributed by atoms with E-state index in [0.717, 1.165) is 5.56 Å². The van der Waals surface area contributed by atoms with Gasteiger partial charge >= 0.3 is 5.97 Å². The van der Waals surface area contributed by atoms with Crippen LogP contribution in [0.3, 0.4) is 0 Å². The molecule has 0 amide bonds. The number of hydrogen-bond donors (Lipinski definition) is 0. The van der Waals surface area contributed by atoms with Crippen LogP contribution in [0.4, 0.5) is 0 Å². The van der Waals surface area contributed by atoms with Crippen LogP contribution >= 0.6 is 0 Å². The fourth-order valence-corrected chi connectivity index (χ4v) is 2.73. The SMILES string of the molecule is [2H]C1([2H])C2CC2(C(=O)OCC)CN1Cc1ccccc1. The van der Waals surface area contributed by atoms with Crippen molar-refractivity contribution in [2.24, 2.45) is 11.3 Å². The molecule has 0 aromatic heterocycles. The Morgan fingerprint density at radius 1 is 1.56 bits per heavy atom. The van der Waals surface area contributed by atoms with Gasteiger partial charge in [0.05, 0.1) is 12.0 Å². The summed E-state index contributed by atoms with van der Waals surface area (Å²) in [6.07, 6.45) is 0.615. The van der Waals surface area contributed by atoms with Gasteiger partial charge in [-0.15, -0.1) is 0 Å². The van der Waals surface area contributed by atoms with Crippen LogP contribution in [0.5, 0.6) is 0 Å². The fourth-order valence-electron chi connectivity index (χ4n) is 2.73. The summed E-state index contributed by atoms with van der Waals surface area (Å²) in [5.74, 6) is -0.456. The van der Waals surface area contributed by atoms with Crippen LogP contribution in [0.1, 0.15) is 21.6 Å². The number of likely N-dealkylation sites (tertiary alicyclic amines) is 1. The molecule has 2 unspecified atom stereocenters. The highest BCUT2D eigenvalue weighted by atomic mass is 16.5. The van der Waals surface area contributed by atoms with E-state index in [1.54, 1.807) is 11.8 Å². The number of ether oxygens (including phenoxy) is 1. The highest BCUT2D eigenvalue weighted by Gasteiger charge is 2.65. The second-order valence-corrected chi connectivity index (χ2v) is 5.10. The molecule has 1 heterocycles. The number of esters is 1. The zero-order chi connectivity index (χ0) is 14.4. The van der Waals surface area contributed by atoms with Crippen LogP contribution in [0.15, 0.2) is 30.3 Å². The molecular weight excluding hydrogens is 226 g/mol. The van der Waals surface area contributed by atoms with Gasteiger partial charge in [0.1, 0.15) is 0 Å². The molecule has 3 rings (SSSR count). The zero-order valence-corrected chi connectivity index (χ0v) is 10.6. The van der Waals surface area contributed by atoms with E-state index in [2.05, 4.69) is 0 Å². The summed E-state index contributed by atoms with van der Waals surface area (Å²) in [6, 6.07) is 9.81. The first-order valence-electron chi connectivity index (χ1n) is 7.47. The molecule has 3 heteroatoms. The van der Waals surface area contributed by atoms with Crippen LogP contribution in [0.2, 0.25) is 0 Å². The third-order valence-corrected chi connectivity index (χ3v) is 3.78. The molecule has 1 aliphatic heterocycles. The summed E-state index contributed by atoms with van der Waals surface area (Å²) >= 11 is 0. The second-order valence-electron chi connectivity index (χ2n) is 5.10. The number of rotatable bonds is 4. The first-order valence-corrected chi connectivity index (χ1v) is 6.47. The van der Waals surface area contributed by atoms with Gasteiger partial charge in [-0.3, -0.25) is 9.69 Å². The lowest BCUT2D eigenvalue weighted by molar-refractivity contribution is -0.149. The molecule has 0 bridgehead atoms. The van der Waals surface area contributed by atoms with E-state index in [0.29, 0.717) is 26.1 Å².